The second kappa shape index (κ2) is 7.31. The molecule has 0 radical (unpaired) electrons. The maximum atomic E-state index is 11.7. The van der Waals surface area contributed by atoms with Crippen LogP contribution in [0.25, 0.3) is 0 Å². The Morgan fingerprint density at radius 2 is 1.81 bits per heavy atom. The number of nitrogens with one attached hydrogen (secondary N) is 1. The number of halogens is 1. The highest BCUT2D eigenvalue weighted by Crippen LogP contribution is 2.15. The molecule has 1 amide bonds. The summed E-state index contributed by atoms with van der Waals surface area (Å²) in [5, 5.41) is 3.11. The van der Waals surface area contributed by atoms with Gasteiger partial charge in [-0.2, -0.15) is 0 Å². The van der Waals surface area contributed by atoms with Gasteiger partial charge in [-0.1, -0.05) is 11.6 Å². The lowest BCUT2D eigenvalue weighted by atomic mass is 10.2. The Bertz CT molecular complexity index is 493. The SMILES string of the molecule is C[C@@H](NC(=O)COc1ccc(Cl)cc1)C(=O)OC(C)(C)C. The Kier molecular flexibility index (Phi) is 6.03. The van der Waals surface area contributed by atoms with Gasteiger partial charge in [0.05, 0.1) is 0 Å². The quantitative estimate of drug-likeness (QED) is 0.849. The van der Waals surface area contributed by atoms with Crippen molar-refractivity contribution >= 4 is 23.5 Å². The molecule has 0 aliphatic heterocycles. The number of carbonyl (C=O) groups is 2. The molecule has 1 N–H and O–H groups in total. The Morgan fingerprint density at radius 1 is 1.24 bits per heavy atom. The molecule has 0 heterocycles. The first-order valence-electron chi connectivity index (χ1n) is 6.58. The molecule has 5 nitrogen and oxygen atoms in total. The van der Waals surface area contributed by atoms with Gasteiger partial charge in [-0.25, -0.2) is 4.79 Å². The summed E-state index contributed by atoms with van der Waals surface area (Å²) < 4.78 is 10.4. The first-order valence-corrected chi connectivity index (χ1v) is 6.96. The van der Waals surface area contributed by atoms with Crippen molar-refractivity contribution < 1.29 is 19.1 Å². The van der Waals surface area contributed by atoms with E-state index in [2.05, 4.69) is 5.32 Å². The Balaban J connectivity index is 2.39. The zero-order chi connectivity index (χ0) is 16.0. The molecule has 0 aliphatic carbocycles. The molecule has 0 spiro atoms. The average Bonchev–Trinajstić information content (AvgIpc) is 2.36. The van der Waals surface area contributed by atoms with E-state index < -0.39 is 23.5 Å². The van der Waals surface area contributed by atoms with Gasteiger partial charge in [-0.15, -0.1) is 0 Å². The van der Waals surface area contributed by atoms with Crippen LogP contribution < -0.4 is 10.1 Å². The van der Waals surface area contributed by atoms with E-state index in [0.29, 0.717) is 10.8 Å². The third kappa shape index (κ3) is 6.99. The van der Waals surface area contributed by atoms with Crippen LogP contribution in [0, 0.1) is 0 Å². The zero-order valence-corrected chi connectivity index (χ0v) is 13.4. The molecule has 0 saturated carbocycles. The van der Waals surface area contributed by atoms with Crippen LogP contribution >= 0.6 is 11.6 Å². The second-order valence-corrected chi connectivity index (χ2v) is 6.00. The molecule has 1 rings (SSSR count). The number of ether oxygens (including phenoxy) is 2. The second-order valence-electron chi connectivity index (χ2n) is 5.57. The van der Waals surface area contributed by atoms with Gasteiger partial charge in [0.1, 0.15) is 17.4 Å². The lowest BCUT2D eigenvalue weighted by Gasteiger charge is -2.22. The summed E-state index contributed by atoms with van der Waals surface area (Å²) in [5.41, 5.74) is -0.587. The van der Waals surface area contributed by atoms with Crippen LogP contribution in [0.3, 0.4) is 0 Å². The summed E-state index contributed by atoms with van der Waals surface area (Å²) >= 11 is 5.74. The van der Waals surface area contributed by atoms with Crippen LogP contribution in [0.5, 0.6) is 5.75 Å². The van der Waals surface area contributed by atoms with E-state index in [1.807, 2.05) is 0 Å². The monoisotopic (exact) mass is 313 g/mol. The molecular weight excluding hydrogens is 294 g/mol. The van der Waals surface area contributed by atoms with Gasteiger partial charge < -0.3 is 14.8 Å². The van der Waals surface area contributed by atoms with Crippen LogP contribution in [-0.2, 0) is 14.3 Å². The van der Waals surface area contributed by atoms with Gasteiger partial charge in [0.25, 0.3) is 5.91 Å². The van der Waals surface area contributed by atoms with Crippen LogP contribution in [0.15, 0.2) is 24.3 Å². The van der Waals surface area contributed by atoms with Crippen molar-refractivity contribution in [3.8, 4) is 5.75 Å². The fourth-order valence-corrected chi connectivity index (χ4v) is 1.54. The van der Waals surface area contributed by atoms with Crippen molar-refractivity contribution in [1.29, 1.82) is 0 Å². The predicted molar refractivity (Wildman–Crippen MR) is 80.4 cm³/mol. The number of rotatable bonds is 5. The van der Waals surface area contributed by atoms with E-state index in [0.717, 1.165) is 0 Å². The Morgan fingerprint density at radius 3 is 2.33 bits per heavy atom. The smallest absolute Gasteiger partial charge is 0.328 e. The molecule has 0 saturated heterocycles. The Hall–Kier alpha value is -1.75. The minimum Gasteiger partial charge on any atom is -0.484 e. The third-order valence-electron chi connectivity index (χ3n) is 2.32. The van der Waals surface area contributed by atoms with E-state index in [4.69, 9.17) is 21.1 Å². The van der Waals surface area contributed by atoms with Crippen molar-refractivity contribution in [3.05, 3.63) is 29.3 Å². The van der Waals surface area contributed by atoms with E-state index in [1.54, 1.807) is 52.0 Å². The fraction of sp³-hybridized carbons (Fsp3) is 0.467. The minimum atomic E-state index is -0.731. The van der Waals surface area contributed by atoms with Gasteiger partial charge in [-0.3, -0.25) is 4.79 Å². The third-order valence-corrected chi connectivity index (χ3v) is 2.57. The number of esters is 1. The van der Waals surface area contributed by atoms with Crippen molar-refractivity contribution in [1.82, 2.24) is 5.32 Å². The first kappa shape index (κ1) is 17.3. The number of benzene rings is 1. The van der Waals surface area contributed by atoms with Gasteiger partial charge in [0, 0.05) is 5.02 Å². The molecule has 116 valence electrons. The van der Waals surface area contributed by atoms with Gasteiger partial charge >= 0.3 is 5.97 Å². The largest absolute Gasteiger partial charge is 0.484 e. The highest BCUT2D eigenvalue weighted by molar-refractivity contribution is 6.30. The molecule has 6 heteroatoms. The number of hydrogen-bond acceptors (Lipinski definition) is 4. The van der Waals surface area contributed by atoms with Crippen LogP contribution in [0.1, 0.15) is 27.7 Å². The molecule has 1 aromatic carbocycles. The molecule has 0 unspecified atom stereocenters. The van der Waals surface area contributed by atoms with Crippen molar-refractivity contribution in [2.75, 3.05) is 6.61 Å². The first-order chi connectivity index (χ1) is 9.67. The highest BCUT2D eigenvalue weighted by Gasteiger charge is 2.22. The maximum absolute atomic E-state index is 11.7. The molecule has 0 fully saturated rings. The summed E-state index contributed by atoms with van der Waals surface area (Å²) in [6.45, 7) is 6.68. The summed E-state index contributed by atoms with van der Waals surface area (Å²) in [5.74, 6) is -0.356. The van der Waals surface area contributed by atoms with Crippen LogP contribution in [0.4, 0.5) is 0 Å². The molecule has 0 aromatic heterocycles. The maximum Gasteiger partial charge on any atom is 0.328 e. The van der Waals surface area contributed by atoms with Gasteiger partial charge in [0.15, 0.2) is 6.61 Å². The number of hydrogen-bond donors (Lipinski definition) is 1. The molecule has 21 heavy (non-hydrogen) atoms. The molecule has 0 aliphatic rings. The lowest BCUT2D eigenvalue weighted by Crippen LogP contribution is -2.43. The molecule has 0 bridgehead atoms. The van der Waals surface area contributed by atoms with Gasteiger partial charge in [-0.05, 0) is 52.0 Å². The Labute approximate surface area is 129 Å². The topological polar surface area (TPSA) is 64.6 Å². The lowest BCUT2D eigenvalue weighted by molar-refractivity contribution is -0.158. The average molecular weight is 314 g/mol. The van der Waals surface area contributed by atoms with Gasteiger partial charge in [0.2, 0.25) is 0 Å². The summed E-state index contributed by atoms with van der Waals surface area (Å²) in [7, 11) is 0. The molecule has 1 aromatic rings. The van der Waals surface area contributed by atoms with Crippen molar-refractivity contribution in [2.24, 2.45) is 0 Å². The summed E-state index contributed by atoms with van der Waals surface area (Å²) in [6, 6.07) is 5.92. The highest BCUT2D eigenvalue weighted by atomic mass is 35.5. The fourth-order valence-electron chi connectivity index (χ4n) is 1.41. The van der Waals surface area contributed by atoms with E-state index in [-0.39, 0.29) is 6.61 Å². The zero-order valence-electron chi connectivity index (χ0n) is 12.6. The predicted octanol–water partition coefficient (Wildman–Crippen LogP) is 2.57. The van der Waals surface area contributed by atoms with E-state index in [1.165, 1.54) is 0 Å². The molecule has 1 atom stereocenters. The van der Waals surface area contributed by atoms with E-state index >= 15 is 0 Å². The number of carbonyl (C=O) groups excluding carboxylic acids is 2. The molecular formula is C15H20ClNO4. The summed E-state index contributed by atoms with van der Waals surface area (Å²) in [4.78, 5) is 23.4. The number of amides is 1. The van der Waals surface area contributed by atoms with Crippen molar-refractivity contribution in [2.45, 2.75) is 39.3 Å². The van der Waals surface area contributed by atoms with Crippen LogP contribution in [0.2, 0.25) is 5.02 Å². The van der Waals surface area contributed by atoms with Crippen LogP contribution in [-0.4, -0.2) is 30.1 Å². The van der Waals surface area contributed by atoms with E-state index in [9.17, 15) is 9.59 Å². The summed E-state index contributed by atoms with van der Waals surface area (Å²) in [6.07, 6.45) is 0. The minimum absolute atomic E-state index is 0.186. The van der Waals surface area contributed by atoms with Crippen molar-refractivity contribution in [3.63, 3.8) is 0 Å². The normalized spacial score (nSPS) is 12.4. The standard InChI is InChI=1S/C15H20ClNO4/c1-10(14(19)21-15(2,3)4)17-13(18)9-20-12-7-5-11(16)6-8-12/h5-8,10H,9H2,1-4H3,(H,17,18)/t10-/m1/s1.